The molecule has 3 rings (SSSR count). The smallest absolute Gasteiger partial charge is 0.132 e. The van der Waals surface area contributed by atoms with Gasteiger partial charge in [0, 0.05) is 13.0 Å². The quantitative estimate of drug-likeness (QED) is 0.863. The highest BCUT2D eigenvalue weighted by atomic mass is 16.5. The fourth-order valence-electron chi connectivity index (χ4n) is 2.36. The van der Waals surface area contributed by atoms with E-state index in [1.807, 2.05) is 16.7 Å². The van der Waals surface area contributed by atoms with Gasteiger partial charge < -0.3 is 9.84 Å². The van der Waals surface area contributed by atoms with E-state index in [9.17, 15) is 5.11 Å². The third-order valence-corrected chi connectivity index (χ3v) is 3.27. The number of nitrogens with zero attached hydrogens (tertiary/aromatic N) is 2. The average Bonchev–Trinajstić information content (AvgIpc) is 2.73. The SMILES string of the molecule is Oc1ccc2cnc(CC3CCCCO3)n2c1. The van der Waals surface area contributed by atoms with Crippen LogP contribution in [0.2, 0.25) is 0 Å². The van der Waals surface area contributed by atoms with Crippen LogP contribution in [-0.2, 0) is 11.2 Å². The molecule has 90 valence electrons. The number of hydrogen-bond acceptors (Lipinski definition) is 3. The summed E-state index contributed by atoms with van der Waals surface area (Å²) in [5, 5.41) is 9.50. The standard InChI is InChI=1S/C13H16N2O2/c16-11-5-4-10-8-14-13(15(10)9-11)7-12-3-1-2-6-17-12/h4-5,8-9,12,16H,1-3,6-7H2. The van der Waals surface area contributed by atoms with Crippen LogP contribution in [0, 0.1) is 0 Å². The van der Waals surface area contributed by atoms with E-state index in [2.05, 4.69) is 4.98 Å². The van der Waals surface area contributed by atoms with Crippen LogP contribution in [0.3, 0.4) is 0 Å². The molecule has 1 saturated heterocycles. The van der Waals surface area contributed by atoms with Gasteiger partial charge in [0.15, 0.2) is 0 Å². The lowest BCUT2D eigenvalue weighted by molar-refractivity contribution is 0.0155. The van der Waals surface area contributed by atoms with Gasteiger partial charge in [0.25, 0.3) is 0 Å². The monoisotopic (exact) mass is 232 g/mol. The van der Waals surface area contributed by atoms with Crippen LogP contribution in [0.15, 0.2) is 24.5 Å². The molecule has 1 N–H and O–H groups in total. The van der Waals surface area contributed by atoms with Gasteiger partial charge in [-0.3, -0.25) is 4.40 Å². The summed E-state index contributed by atoms with van der Waals surface area (Å²) in [7, 11) is 0. The van der Waals surface area contributed by atoms with Gasteiger partial charge in [-0.2, -0.15) is 0 Å². The van der Waals surface area contributed by atoms with Gasteiger partial charge in [0.05, 0.1) is 24.0 Å². The Kier molecular flexibility index (Phi) is 2.73. The maximum atomic E-state index is 9.50. The molecule has 0 aliphatic carbocycles. The van der Waals surface area contributed by atoms with Crippen LogP contribution < -0.4 is 0 Å². The normalized spacial score (nSPS) is 20.8. The Bertz CT molecular complexity index is 515. The van der Waals surface area contributed by atoms with Gasteiger partial charge in [-0.15, -0.1) is 0 Å². The first kappa shape index (κ1) is 10.6. The molecule has 0 amide bonds. The molecule has 4 nitrogen and oxygen atoms in total. The molecule has 4 heteroatoms. The van der Waals surface area contributed by atoms with Gasteiger partial charge in [-0.05, 0) is 31.4 Å². The van der Waals surface area contributed by atoms with Gasteiger partial charge in [0.1, 0.15) is 11.6 Å². The highest BCUT2D eigenvalue weighted by Gasteiger charge is 2.16. The lowest BCUT2D eigenvalue weighted by atomic mass is 10.1. The van der Waals surface area contributed by atoms with E-state index < -0.39 is 0 Å². The molecule has 0 spiro atoms. The minimum atomic E-state index is 0.265. The van der Waals surface area contributed by atoms with Crippen molar-refractivity contribution in [2.45, 2.75) is 31.8 Å². The van der Waals surface area contributed by atoms with E-state index in [0.717, 1.165) is 30.8 Å². The van der Waals surface area contributed by atoms with E-state index in [4.69, 9.17) is 4.74 Å². The second-order valence-corrected chi connectivity index (χ2v) is 4.55. The van der Waals surface area contributed by atoms with Crippen LogP contribution in [-0.4, -0.2) is 27.2 Å². The van der Waals surface area contributed by atoms with Crippen molar-refractivity contribution in [2.24, 2.45) is 0 Å². The largest absolute Gasteiger partial charge is 0.506 e. The molecule has 1 atom stereocenters. The molecule has 2 aromatic heterocycles. The third kappa shape index (κ3) is 2.13. The molecule has 17 heavy (non-hydrogen) atoms. The minimum Gasteiger partial charge on any atom is -0.506 e. The Hall–Kier alpha value is -1.55. The Morgan fingerprint density at radius 3 is 3.18 bits per heavy atom. The molecule has 1 unspecified atom stereocenters. The topological polar surface area (TPSA) is 46.8 Å². The first-order chi connectivity index (χ1) is 8.33. The van der Waals surface area contributed by atoms with E-state index in [-0.39, 0.29) is 11.9 Å². The summed E-state index contributed by atoms with van der Waals surface area (Å²) in [6.07, 6.45) is 8.14. The lowest BCUT2D eigenvalue weighted by Crippen LogP contribution is -2.22. The van der Waals surface area contributed by atoms with Crippen molar-refractivity contribution in [1.82, 2.24) is 9.38 Å². The Morgan fingerprint density at radius 1 is 1.41 bits per heavy atom. The molecule has 0 bridgehead atoms. The van der Waals surface area contributed by atoms with Crippen molar-refractivity contribution in [1.29, 1.82) is 0 Å². The molecule has 0 radical (unpaired) electrons. The summed E-state index contributed by atoms with van der Waals surface area (Å²) in [5.41, 5.74) is 1.01. The van der Waals surface area contributed by atoms with Gasteiger partial charge >= 0.3 is 0 Å². The molecule has 0 saturated carbocycles. The summed E-state index contributed by atoms with van der Waals surface area (Å²) >= 11 is 0. The van der Waals surface area contributed by atoms with Crippen molar-refractivity contribution in [3.05, 3.63) is 30.4 Å². The third-order valence-electron chi connectivity index (χ3n) is 3.27. The Balaban J connectivity index is 1.86. The van der Waals surface area contributed by atoms with Crippen molar-refractivity contribution in [3.8, 4) is 5.75 Å². The molecule has 0 aromatic carbocycles. The number of pyridine rings is 1. The van der Waals surface area contributed by atoms with Crippen molar-refractivity contribution in [3.63, 3.8) is 0 Å². The summed E-state index contributed by atoms with van der Waals surface area (Å²) in [6.45, 7) is 0.860. The fourth-order valence-corrected chi connectivity index (χ4v) is 2.36. The lowest BCUT2D eigenvalue weighted by Gasteiger charge is -2.21. The van der Waals surface area contributed by atoms with Gasteiger partial charge in [0.2, 0.25) is 0 Å². The summed E-state index contributed by atoms with van der Waals surface area (Å²) < 4.78 is 7.65. The summed E-state index contributed by atoms with van der Waals surface area (Å²) in [6, 6.07) is 3.55. The maximum absolute atomic E-state index is 9.50. The zero-order valence-electron chi connectivity index (χ0n) is 9.67. The van der Waals surface area contributed by atoms with Crippen molar-refractivity contribution < 1.29 is 9.84 Å². The highest BCUT2D eigenvalue weighted by molar-refractivity contribution is 5.48. The second kappa shape index (κ2) is 4.37. The molecule has 2 aromatic rings. The molecular weight excluding hydrogens is 216 g/mol. The van der Waals surface area contributed by atoms with Crippen molar-refractivity contribution in [2.75, 3.05) is 6.61 Å². The molecular formula is C13H16N2O2. The number of imidazole rings is 1. The molecule has 3 heterocycles. The number of aromatic nitrogens is 2. The van der Waals surface area contributed by atoms with E-state index in [1.54, 1.807) is 12.3 Å². The predicted molar refractivity (Wildman–Crippen MR) is 64.2 cm³/mol. The first-order valence-electron chi connectivity index (χ1n) is 6.09. The number of aromatic hydroxyl groups is 1. The Labute approximate surface area is 99.9 Å². The average molecular weight is 232 g/mol. The Morgan fingerprint density at radius 2 is 2.35 bits per heavy atom. The molecule has 1 aliphatic heterocycles. The van der Waals surface area contributed by atoms with Crippen LogP contribution in [0.4, 0.5) is 0 Å². The van der Waals surface area contributed by atoms with Gasteiger partial charge in [-0.25, -0.2) is 4.98 Å². The van der Waals surface area contributed by atoms with E-state index >= 15 is 0 Å². The number of ether oxygens (including phenoxy) is 1. The van der Waals surface area contributed by atoms with Crippen LogP contribution in [0.5, 0.6) is 5.75 Å². The summed E-state index contributed by atoms with van der Waals surface area (Å²) in [4.78, 5) is 4.40. The van der Waals surface area contributed by atoms with Crippen molar-refractivity contribution >= 4 is 5.52 Å². The zero-order chi connectivity index (χ0) is 11.7. The number of rotatable bonds is 2. The number of hydrogen-bond donors (Lipinski definition) is 1. The minimum absolute atomic E-state index is 0.265. The fraction of sp³-hybridized carbons (Fsp3) is 0.462. The zero-order valence-corrected chi connectivity index (χ0v) is 9.67. The number of fused-ring (bicyclic) bond motifs is 1. The van der Waals surface area contributed by atoms with Gasteiger partial charge in [-0.1, -0.05) is 0 Å². The summed E-state index contributed by atoms with van der Waals surface area (Å²) in [5.74, 6) is 1.23. The van der Waals surface area contributed by atoms with Crippen LogP contribution in [0.1, 0.15) is 25.1 Å². The predicted octanol–water partition coefficient (Wildman–Crippen LogP) is 2.15. The van der Waals surface area contributed by atoms with Crippen LogP contribution >= 0.6 is 0 Å². The molecule has 1 fully saturated rings. The molecule has 1 aliphatic rings. The highest BCUT2D eigenvalue weighted by Crippen LogP contribution is 2.19. The second-order valence-electron chi connectivity index (χ2n) is 4.55. The maximum Gasteiger partial charge on any atom is 0.132 e. The van der Waals surface area contributed by atoms with Crippen LogP contribution in [0.25, 0.3) is 5.52 Å². The van der Waals surface area contributed by atoms with E-state index in [1.165, 1.54) is 12.8 Å². The van der Waals surface area contributed by atoms with E-state index in [0.29, 0.717) is 0 Å². The first-order valence-corrected chi connectivity index (χ1v) is 6.09.